The average Bonchev–Trinajstić information content (AvgIpc) is 0.781. The van der Waals surface area contributed by atoms with E-state index < -0.39 is 124 Å². The Morgan fingerprint density at radius 1 is 0.346 bits per heavy atom. The van der Waals surface area contributed by atoms with Gasteiger partial charge in [0.05, 0.1) is 38.6 Å². The first kappa shape index (κ1) is 97.1. The van der Waals surface area contributed by atoms with Gasteiger partial charge in [0, 0.05) is 6.42 Å². The summed E-state index contributed by atoms with van der Waals surface area (Å²) in [6, 6.07) is -1.01. The molecule has 3 aliphatic heterocycles. The van der Waals surface area contributed by atoms with Gasteiger partial charge >= 0.3 is 0 Å². The first-order chi connectivity index (χ1) is 52.3. The molecule has 107 heavy (non-hydrogen) atoms. The minimum Gasteiger partial charge on any atom is -0.394 e. The molecule has 3 aliphatic rings. The molecule has 12 N–H and O–H groups in total. The molecule has 0 aromatic rings. The number of amides is 1. The molecule has 0 bridgehead atoms. The molecule has 614 valence electrons. The van der Waals surface area contributed by atoms with E-state index in [-0.39, 0.29) is 18.9 Å². The molecule has 0 aliphatic carbocycles. The number of unbranched alkanes of at least 4 members (excludes halogenated alkanes) is 29. The Labute approximate surface area is 645 Å². The van der Waals surface area contributed by atoms with Gasteiger partial charge in [-0.1, -0.05) is 302 Å². The molecule has 0 spiro atoms. The minimum absolute atomic E-state index is 0.224. The number of hydrogen-bond acceptors (Lipinski definition) is 18. The van der Waals surface area contributed by atoms with E-state index in [0.717, 1.165) is 109 Å². The third-order valence-electron chi connectivity index (χ3n) is 19.9. The van der Waals surface area contributed by atoms with Crippen LogP contribution in [0, 0.1) is 0 Å². The molecule has 19 nitrogen and oxygen atoms in total. The molecule has 3 fully saturated rings. The highest BCUT2D eigenvalue weighted by Crippen LogP contribution is 2.33. The van der Waals surface area contributed by atoms with Gasteiger partial charge in [-0.05, 0) is 109 Å². The molecule has 3 saturated heterocycles. The third-order valence-corrected chi connectivity index (χ3v) is 19.9. The van der Waals surface area contributed by atoms with Gasteiger partial charge < -0.3 is 89.9 Å². The first-order valence-corrected chi connectivity index (χ1v) is 41.9. The summed E-state index contributed by atoms with van der Waals surface area (Å²) in [5, 5.41) is 121. The molecule has 0 saturated carbocycles. The lowest BCUT2D eigenvalue weighted by Gasteiger charge is -2.48. The Morgan fingerprint density at radius 3 is 1.05 bits per heavy atom. The SMILES string of the molecule is CC/C=C\C/C=C\C/C=C\C/C=C\C/C=C\C/C=C\C/C=C\C/C=C\CCCCCCCCCCCCCCCCC(=O)NC(COC1OC(CO)C(OC2OC(CO)C(OC3OC(CO)C(O)C(O)C3O)C(O)C2O)C(O)C1O)C(O)/C=C/CC/C=C/CC/C=C/CCCCCCCCCCCCCCC. The monoisotopic (exact) mass is 1510 g/mol. The first-order valence-electron chi connectivity index (χ1n) is 41.9. The lowest BCUT2D eigenvalue weighted by molar-refractivity contribution is -0.379. The van der Waals surface area contributed by atoms with Crippen LogP contribution in [0.25, 0.3) is 0 Å². The van der Waals surface area contributed by atoms with E-state index >= 15 is 0 Å². The van der Waals surface area contributed by atoms with Crippen molar-refractivity contribution in [2.75, 3.05) is 26.4 Å². The highest BCUT2D eigenvalue weighted by Gasteiger charge is 2.54. The summed E-state index contributed by atoms with van der Waals surface area (Å²) in [6.07, 6.45) is 68.7. The molecule has 19 heteroatoms. The largest absolute Gasteiger partial charge is 0.394 e. The molecule has 0 aromatic heterocycles. The van der Waals surface area contributed by atoms with Crippen LogP contribution in [0.3, 0.4) is 0 Å². The van der Waals surface area contributed by atoms with E-state index in [1.54, 1.807) is 6.08 Å². The van der Waals surface area contributed by atoms with Crippen molar-refractivity contribution >= 4 is 5.91 Å². The van der Waals surface area contributed by atoms with Crippen LogP contribution in [0.1, 0.15) is 284 Å². The number of aliphatic hydroxyl groups excluding tert-OH is 11. The Morgan fingerprint density at radius 2 is 0.654 bits per heavy atom. The summed E-state index contributed by atoms with van der Waals surface area (Å²) in [5.74, 6) is -0.293. The zero-order chi connectivity index (χ0) is 77.4. The lowest BCUT2D eigenvalue weighted by Crippen LogP contribution is -2.66. The average molecular weight is 1510 g/mol. The fourth-order valence-electron chi connectivity index (χ4n) is 13.2. The van der Waals surface area contributed by atoms with Crippen LogP contribution in [0.5, 0.6) is 0 Å². The van der Waals surface area contributed by atoms with Crippen molar-refractivity contribution < 1.29 is 89.4 Å². The van der Waals surface area contributed by atoms with Crippen LogP contribution in [0.15, 0.2) is 134 Å². The van der Waals surface area contributed by atoms with E-state index in [0.29, 0.717) is 12.8 Å². The van der Waals surface area contributed by atoms with Gasteiger partial charge in [0.1, 0.15) is 73.2 Å². The van der Waals surface area contributed by atoms with Crippen molar-refractivity contribution in [3.05, 3.63) is 134 Å². The van der Waals surface area contributed by atoms with E-state index in [1.165, 1.54) is 141 Å². The van der Waals surface area contributed by atoms with E-state index in [1.807, 2.05) is 6.08 Å². The fourth-order valence-corrected chi connectivity index (χ4v) is 13.2. The molecule has 3 heterocycles. The standard InChI is InChI=1S/C88H149NO18/c1-3-5-7-9-11-13-15-17-19-21-23-25-27-28-29-30-31-32-33-34-35-36-37-38-39-40-41-42-44-46-48-50-52-54-56-58-60-62-64-66-76(94)89-71(72(93)65-63-61-59-57-55-53-51-49-47-45-43-26-24-22-20-18-16-14-12-10-8-6-4-2)70-102-86-82(100)79(97)84(74(68-91)104-86)107-88-83(101)80(98)85(75(69-92)105-88)106-87-81(99)78(96)77(95)73(67-90)103-87/h5,7,11,13,17,19,23,25,28-29,31-32,34-35,37-38,47,49,55,57,63,65,71-75,77-88,90-93,95-101H,3-4,6,8-10,12,14-16,18,20-22,24,26-27,30,33,36,39-46,48,50-54,56,58-62,64,66-70H2,1-2H3,(H,89,94)/b7-5-,13-11-,19-17-,25-23-,29-28-,32-31-,35-34-,38-37-,49-47+,57-55+,65-63+. The highest BCUT2D eigenvalue weighted by atomic mass is 16.8. The van der Waals surface area contributed by atoms with Gasteiger partial charge in [0.2, 0.25) is 5.91 Å². The fraction of sp³-hybridized carbons (Fsp3) is 0.739. The van der Waals surface area contributed by atoms with Crippen molar-refractivity contribution in [2.24, 2.45) is 0 Å². The predicted molar refractivity (Wildman–Crippen MR) is 429 cm³/mol. The Kier molecular flexibility index (Phi) is 60.4. The summed E-state index contributed by atoms with van der Waals surface area (Å²) < 4.78 is 34.4. The van der Waals surface area contributed by atoms with Gasteiger partial charge in [0.25, 0.3) is 0 Å². The topological polar surface area (TPSA) is 307 Å². The number of allylic oxidation sites excluding steroid dienone is 21. The number of carbonyl (C=O) groups excluding carboxylic acids is 1. The lowest BCUT2D eigenvalue weighted by atomic mass is 9.96. The number of hydrogen-bond donors (Lipinski definition) is 12. The van der Waals surface area contributed by atoms with Crippen molar-refractivity contribution in [3.63, 3.8) is 0 Å². The summed E-state index contributed by atoms with van der Waals surface area (Å²) in [7, 11) is 0. The van der Waals surface area contributed by atoms with Crippen molar-refractivity contribution in [1.82, 2.24) is 5.32 Å². The second kappa shape index (κ2) is 66.5. The zero-order valence-corrected chi connectivity index (χ0v) is 65.8. The molecule has 0 aromatic carbocycles. The Hall–Kier alpha value is -4.07. The quantitative estimate of drug-likeness (QED) is 0.0199. The van der Waals surface area contributed by atoms with Gasteiger partial charge in [0.15, 0.2) is 18.9 Å². The number of nitrogens with one attached hydrogen (secondary N) is 1. The van der Waals surface area contributed by atoms with Gasteiger partial charge in [-0.15, -0.1) is 0 Å². The van der Waals surface area contributed by atoms with Crippen LogP contribution >= 0.6 is 0 Å². The van der Waals surface area contributed by atoms with Crippen LogP contribution in [-0.2, 0) is 33.2 Å². The van der Waals surface area contributed by atoms with Crippen LogP contribution in [0.2, 0.25) is 0 Å². The Balaban J connectivity index is 1.35. The maximum atomic E-state index is 13.5. The summed E-state index contributed by atoms with van der Waals surface area (Å²) in [5.41, 5.74) is 0. The smallest absolute Gasteiger partial charge is 0.220 e. The summed E-state index contributed by atoms with van der Waals surface area (Å²) >= 11 is 0. The van der Waals surface area contributed by atoms with Gasteiger partial charge in [-0.2, -0.15) is 0 Å². The Bertz CT molecular complexity index is 2450. The zero-order valence-electron chi connectivity index (χ0n) is 65.8. The number of carbonyl (C=O) groups is 1. The number of rotatable bonds is 65. The molecule has 17 atom stereocenters. The van der Waals surface area contributed by atoms with Crippen molar-refractivity contribution in [2.45, 2.75) is 388 Å². The second-order valence-corrected chi connectivity index (χ2v) is 29.2. The minimum atomic E-state index is -1.99. The molecule has 1 amide bonds. The maximum absolute atomic E-state index is 13.5. The van der Waals surface area contributed by atoms with E-state index in [9.17, 15) is 61.0 Å². The molecule has 0 radical (unpaired) electrons. The van der Waals surface area contributed by atoms with Gasteiger partial charge in [-0.25, -0.2) is 0 Å². The van der Waals surface area contributed by atoms with Crippen molar-refractivity contribution in [1.29, 1.82) is 0 Å². The predicted octanol–water partition coefficient (Wildman–Crippen LogP) is 14.8. The van der Waals surface area contributed by atoms with E-state index in [4.69, 9.17) is 28.4 Å². The normalized spacial score (nSPS) is 26.2. The third kappa shape index (κ3) is 45.9. The molecule has 3 rings (SSSR count). The van der Waals surface area contributed by atoms with Crippen LogP contribution in [-0.4, -0.2) is 193 Å². The number of aliphatic hydroxyl groups is 11. The maximum Gasteiger partial charge on any atom is 0.220 e. The van der Waals surface area contributed by atoms with Crippen molar-refractivity contribution in [3.8, 4) is 0 Å². The number of ether oxygens (including phenoxy) is 6. The van der Waals surface area contributed by atoms with Crippen LogP contribution < -0.4 is 5.32 Å². The molecular formula is C88H149NO18. The highest BCUT2D eigenvalue weighted by molar-refractivity contribution is 5.76. The van der Waals surface area contributed by atoms with Crippen LogP contribution in [0.4, 0.5) is 0 Å². The van der Waals surface area contributed by atoms with Gasteiger partial charge in [-0.3, -0.25) is 4.79 Å². The van der Waals surface area contributed by atoms with E-state index in [2.05, 4.69) is 141 Å². The second-order valence-electron chi connectivity index (χ2n) is 29.2. The molecular weight excluding hydrogens is 1360 g/mol. The summed E-state index contributed by atoms with van der Waals surface area (Å²) in [4.78, 5) is 13.5. The molecule has 17 unspecified atom stereocenters. The summed E-state index contributed by atoms with van der Waals surface area (Å²) in [6.45, 7) is 1.61.